The number of carbonyl (C=O) groups excluding carboxylic acids is 1. The average molecular weight is 452 g/mol. The fourth-order valence-corrected chi connectivity index (χ4v) is 5.55. The Morgan fingerprint density at radius 3 is 2.76 bits per heavy atom. The average Bonchev–Trinajstić information content (AvgIpc) is 3.57. The SMILES string of the molecule is CCN1CC2(CCN(C(=O)[C@@H]3CCCN3c3nc(N)n4nc(-c5ccco5)nc4n3)CC2)C1. The predicted octanol–water partition coefficient (Wildman–Crippen LogP) is 1.27. The second kappa shape index (κ2) is 7.68. The van der Waals surface area contributed by atoms with E-state index in [0.29, 0.717) is 35.3 Å². The number of anilines is 2. The van der Waals surface area contributed by atoms with Gasteiger partial charge in [0.05, 0.1) is 6.26 Å². The maximum Gasteiger partial charge on any atom is 0.259 e. The Kier molecular flexibility index (Phi) is 4.75. The number of furan rings is 1. The third-order valence-corrected chi connectivity index (χ3v) is 7.46. The molecule has 2 N–H and O–H groups in total. The van der Waals surface area contributed by atoms with Crippen LogP contribution < -0.4 is 10.6 Å². The Bertz CT molecular complexity index is 1160. The van der Waals surface area contributed by atoms with E-state index in [2.05, 4.69) is 31.9 Å². The van der Waals surface area contributed by atoms with Crippen molar-refractivity contribution in [2.75, 3.05) is 49.9 Å². The summed E-state index contributed by atoms with van der Waals surface area (Å²) in [6.07, 6.45) is 5.45. The highest BCUT2D eigenvalue weighted by molar-refractivity contribution is 5.85. The van der Waals surface area contributed by atoms with Crippen LogP contribution in [0.5, 0.6) is 0 Å². The van der Waals surface area contributed by atoms with E-state index in [4.69, 9.17) is 10.2 Å². The van der Waals surface area contributed by atoms with E-state index in [-0.39, 0.29) is 17.9 Å². The van der Waals surface area contributed by atoms with Gasteiger partial charge in [-0.2, -0.15) is 19.5 Å². The molecule has 33 heavy (non-hydrogen) atoms. The molecule has 1 amide bonds. The summed E-state index contributed by atoms with van der Waals surface area (Å²) in [6.45, 7) is 8.06. The molecule has 3 aromatic rings. The van der Waals surface area contributed by atoms with Crippen molar-refractivity contribution >= 4 is 23.6 Å². The van der Waals surface area contributed by atoms with Crippen molar-refractivity contribution in [3.63, 3.8) is 0 Å². The van der Waals surface area contributed by atoms with Crippen molar-refractivity contribution in [2.45, 2.75) is 38.6 Å². The minimum atomic E-state index is -0.262. The van der Waals surface area contributed by atoms with E-state index < -0.39 is 0 Å². The van der Waals surface area contributed by atoms with Gasteiger partial charge in [0.15, 0.2) is 5.76 Å². The topological polar surface area (TPSA) is 122 Å². The van der Waals surface area contributed by atoms with Gasteiger partial charge in [0, 0.05) is 32.7 Å². The van der Waals surface area contributed by atoms with Crippen LogP contribution >= 0.6 is 0 Å². The second-order valence-electron chi connectivity index (χ2n) is 9.49. The van der Waals surface area contributed by atoms with Gasteiger partial charge in [-0.3, -0.25) is 4.79 Å². The normalized spacial score (nSPS) is 22.9. The number of likely N-dealkylation sites (tertiary alicyclic amines) is 2. The molecule has 3 aromatic heterocycles. The zero-order valence-corrected chi connectivity index (χ0v) is 18.9. The minimum Gasteiger partial charge on any atom is -0.461 e. The van der Waals surface area contributed by atoms with Gasteiger partial charge in [0.2, 0.25) is 23.6 Å². The Morgan fingerprint density at radius 1 is 1.21 bits per heavy atom. The Balaban J connectivity index is 1.20. The number of amides is 1. The Morgan fingerprint density at radius 2 is 2.03 bits per heavy atom. The van der Waals surface area contributed by atoms with Crippen LogP contribution in [0.25, 0.3) is 17.4 Å². The first-order chi connectivity index (χ1) is 16.0. The summed E-state index contributed by atoms with van der Waals surface area (Å²) in [5, 5.41) is 4.35. The zero-order valence-electron chi connectivity index (χ0n) is 18.9. The van der Waals surface area contributed by atoms with Crippen LogP contribution in [0.1, 0.15) is 32.6 Å². The maximum absolute atomic E-state index is 13.5. The highest BCUT2D eigenvalue weighted by Gasteiger charge is 2.46. The number of carbonyl (C=O) groups is 1. The Hall–Kier alpha value is -3.21. The van der Waals surface area contributed by atoms with Crippen molar-refractivity contribution in [2.24, 2.45) is 5.41 Å². The summed E-state index contributed by atoms with van der Waals surface area (Å²) in [4.78, 5) is 33.5. The molecule has 3 aliphatic rings. The second-order valence-corrected chi connectivity index (χ2v) is 9.49. The lowest BCUT2D eigenvalue weighted by atomic mass is 9.72. The largest absolute Gasteiger partial charge is 0.461 e. The molecule has 0 bridgehead atoms. The lowest BCUT2D eigenvalue weighted by molar-refractivity contribution is -0.137. The number of fused-ring (bicyclic) bond motifs is 1. The smallest absolute Gasteiger partial charge is 0.259 e. The highest BCUT2D eigenvalue weighted by atomic mass is 16.3. The molecule has 0 aliphatic carbocycles. The molecule has 6 rings (SSSR count). The van der Waals surface area contributed by atoms with Gasteiger partial charge in [0.1, 0.15) is 6.04 Å². The quantitative estimate of drug-likeness (QED) is 0.625. The Labute approximate surface area is 191 Å². The van der Waals surface area contributed by atoms with Gasteiger partial charge in [-0.25, -0.2) is 0 Å². The van der Waals surface area contributed by atoms with E-state index in [1.807, 2.05) is 9.80 Å². The number of hydrogen-bond acceptors (Lipinski definition) is 9. The maximum atomic E-state index is 13.5. The van der Waals surface area contributed by atoms with Gasteiger partial charge >= 0.3 is 0 Å². The lowest BCUT2D eigenvalue weighted by Crippen LogP contribution is -2.61. The molecule has 1 spiro atoms. The fraction of sp³-hybridized carbons (Fsp3) is 0.591. The number of nitrogens with zero attached hydrogens (tertiary/aromatic N) is 8. The number of aromatic nitrogens is 5. The predicted molar refractivity (Wildman–Crippen MR) is 121 cm³/mol. The van der Waals surface area contributed by atoms with E-state index >= 15 is 0 Å². The summed E-state index contributed by atoms with van der Waals surface area (Å²) in [5.74, 6) is 2.06. The van der Waals surface area contributed by atoms with Gasteiger partial charge in [-0.1, -0.05) is 6.92 Å². The number of nitrogens with two attached hydrogens (primary N) is 1. The molecule has 1 atom stereocenters. The molecule has 3 aliphatic heterocycles. The van der Waals surface area contributed by atoms with Crippen LogP contribution in [0, 0.1) is 5.41 Å². The fourth-order valence-electron chi connectivity index (χ4n) is 5.55. The van der Waals surface area contributed by atoms with Crippen molar-refractivity contribution in [3.05, 3.63) is 18.4 Å². The summed E-state index contributed by atoms with van der Waals surface area (Å²) in [5.41, 5.74) is 6.60. The molecule has 0 radical (unpaired) electrons. The van der Waals surface area contributed by atoms with Crippen LogP contribution in [0.2, 0.25) is 0 Å². The first-order valence-corrected chi connectivity index (χ1v) is 11.8. The van der Waals surface area contributed by atoms with Gasteiger partial charge < -0.3 is 24.9 Å². The van der Waals surface area contributed by atoms with Crippen LogP contribution in [0.4, 0.5) is 11.9 Å². The summed E-state index contributed by atoms with van der Waals surface area (Å²) >= 11 is 0. The number of hydrogen-bond donors (Lipinski definition) is 1. The van der Waals surface area contributed by atoms with Crippen LogP contribution in [-0.4, -0.2) is 85.6 Å². The summed E-state index contributed by atoms with van der Waals surface area (Å²) in [6, 6.07) is 3.29. The van der Waals surface area contributed by atoms with Crippen molar-refractivity contribution < 1.29 is 9.21 Å². The molecule has 11 nitrogen and oxygen atoms in total. The van der Waals surface area contributed by atoms with Crippen LogP contribution in [0.15, 0.2) is 22.8 Å². The van der Waals surface area contributed by atoms with Crippen molar-refractivity contribution in [3.8, 4) is 11.6 Å². The first kappa shape index (κ1) is 20.4. The standard InChI is InChI=1S/C22H29N9O2/c1-2-28-13-22(14-28)7-10-29(11-8-22)18(32)15-5-3-9-30(15)20-25-19(23)31-21(26-20)24-17(27-31)16-6-4-12-33-16/h4,6,12,15H,2-3,5,7-11,13-14H2,1H3,(H2,23,24,25,26,27)/t15-/m0/s1. The molecule has 6 heterocycles. The monoisotopic (exact) mass is 451 g/mol. The molecular formula is C22H29N9O2. The summed E-state index contributed by atoms with van der Waals surface area (Å²) in [7, 11) is 0. The molecule has 0 aromatic carbocycles. The first-order valence-electron chi connectivity index (χ1n) is 11.8. The molecule has 3 fully saturated rings. The molecule has 11 heteroatoms. The van der Waals surface area contributed by atoms with Crippen LogP contribution in [-0.2, 0) is 4.79 Å². The third kappa shape index (κ3) is 3.41. The van der Waals surface area contributed by atoms with E-state index in [9.17, 15) is 4.79 Å². The van der Waals surface area contributed by atoms with Crippen molar-refractivity contribution in [1.82, 2.24) is 34.4 Å². The minimum absolute atomic E-state index is 0.175. The number of nitrogen functional groups attached to an aromatic ring is 1. The van der Waals surface area contributed by atoms with E-state index in [1.165, 1.54) is 17.6 Å². The summed E-state index contributed by atoms with van der Waals surface area (Å²) < 4.78 is 6.78. The molecule has 3 saturated heterocycles. The highest BCUT2D eigenvalue weighted by Crippen LogP contribution is 2.40. The third-order valence-electron chi connectivity index (χ3n) is 7.46. The van der Waals surface area contributed by atoms with Crippen LogP contribution in [0.3, 0.4) is 0 Å². The molecule has 0 unspecified atom stereocenters. The van der Waals surface area contributed by atoms with Gasteiger partial charge in [-0.15, -0.1) is 5.10 Å². The number of piperidine rings is 1. The lowest BCUT2D eigenvalue weighted by Gasteiger charge is -2.54. The molecule has 0 saturated carbocycles. The molecular weight excluding hydrogens is 422 g/mol. The van der Waals surface area contributed by atoms with E-state index in [1.54, 1.807) is 18.4 Å². The zero-order chi connectivity index (χ0) is 22.6. The number of rotatable bonds is 4. The van der Waals surface area contributed by atoms with Gasteiger partial charge in [0.25, 0.3) is 5.78 Å². The van der Waals surface area contributed by atoms with Crippen molar-refractivity contribution in [1.29, 1.82) is 0 Å². The van der Waals surface area contributed by atoms with Gasteiger partial charge in [-0.05, 0) is 49.8 Å². The molecule has 174 valence electrons. The van der Waals surface area contributed by atoms with E-state index in [0.717, 1.165) is 45.3 Å².